The molecule has 0 spiro atoms. The van der Waals surface area contributed by atoms with Crippen LogP contribution in [0.1, 0.15) is 51.9 Å². The summed E-state index contributed by atoms with van der Waals surface area (Å²) in [5.41, 5.74) is 0.870. The Morgan fingerprint density at radius 3 is 1.83 bits per heavy atom. The third-order valence-electron chi connectivity index (χ3n) is 7.66. The first-order valence-corrected chi connectivity index (χ1v) is 16.4. The Balaban J connectivity index is 1.72. The van der Waals surface area contributed by atoms with E-state index in [1.165, 1.54) is 17.5 Å². The van der Waals surface area contributed by atoms with E-state index in [4.69, 9.17) is 13.9 Å². The number of hydrogen-bond donors (Lipinski definition) is 0. The van der Waals surface area contributed by atoms with Crippen LogP contribution in [0.4, 0.5) is 10.5 Å². The maximum Gasteiger partial charge on any atom is 0.410 e. The zero-order valence-corrected chi connectivity index (χ0v) is 26.9. The molecule has 1 aliphatic heterocycles. The van der Waals surface area contributed by atoms with Gasteiger partial charge in [-0.1, -0.05) is 81.4 Å². The van der Waals surface area contributed by atoms with E-state index in [0.29, 0.717) is 31.8 Å². The minimum atomic E-state index is -2.80. The van der Waals surface area contributed by atoms with Gasteiger partial charge in [-0.05, 0) is 60.4 Å². The lowest BCUT2D eigenvalue weighted by Gasteiger charge is -2.47. The van der Waals surface area contributed by atoms with E-state index in [9.17, 15) is 9.59 Å². The van der Waals surface area contributed by atoms with Gasteiger partial charge >= 0.3 is 12.1 Å². The maximum absolute atomic E-state index is 13.2. The number of nitrogens with zero attached hydrogens (tertiary/aromatic N) is 2. The number of carbonyl (C=O) groups is 2. The molecule has 0 aliphatic carbocycles. The van der Waals surface area contributed by atoms with Crippen molar-refractivity contribution in [2.45, 2.75) is 58.2 Å². The average molecular weight is 589 g/mol. The van der Waals surface area contributed by atoms with Gasteiger partial charge in [-0.15, -0.1) is 0 Å². The number of hydrogen-bond acceptors (Lipinski definition) is 6. The molecule has 1 unspecified atom stereocenters. The van der Waals surface area contributed by atoms with Gasteiger partial charge < -0.3 is 23.7 Å². The number of methoxy groups -OCH3 is 1. The second kappa shape index (κ2) is 12.7. The van der Waals surface area contributed by atoms with Crippen molar-refractivity contribution in [2.75, 3.05) is 38.3 Å². The summed E-state index contributed by atoms with van der Waals surface area (Å²) in [6, 6.07) is 28.4. The predicted molar refractivity (Wildman–Crippen MR) is 170 cm³/mol. The number of esters is 1. The Morgan fingerprint density at radius 2 is 1.36 bits per heavy atom. The summed E-state index contributed by atoms with van der Waals surface area (Å²) in [6.07, 6.45) is -0.321. The van der Waals surface area contributed by atoms with Crippen LogP contribution in [0.3, 0.4) is 0 Å². The molecule has 0 radical (unpaired) electrons. The van der Waals surface area contributed by atoms with Crippen molar-refractivity contribution in [1.82, 2.24) is 4.90 Å². The molecule has 1 amide bonds. The van der Waals surface area contributed by atoms with Crippen LogP contribution in [0.15, 0.2) is 84.9 Å². The molecule has 3 aromatic carbocycles. The molecule has 42 heavy (non-hydrogen) atoms. The molecular formula is C34H44N2O5Si. The standard InChI is InChI=1S/C34H44N2O5Si/c1-33(2,3)41-32(38)35-22-23-36(27-20-18-26(19-21-27)31(37)39-7)28(24-35)25-40-42(34(4,5)6,29-14-10-8-11-15-29)30-16-12-9-13-17-30/h8-21,28H,22-25H2,1-7H3. The lowest BCUT2D eigenvalue weighted by molar-refractivity contribution is 0.0199. The molecule has 7 nitrogen and oxygen atoms in total. The van der Waals surface area contributed by atoms with E-state index >= 15 is 0 Å². The quantitative estimate of drug-likeness (QED) is 0.269. The zero-order valence-electron chi connectivity index (χ0n) is 25.9. The van der Waals surface area contributed by atoms with Crippen LogP contribution in [0, 0.1) is 0 Å². The van der Waals surface area contributed by atoms with Gasteiger partial charge in [0, 0.05) is 25.3 Å². The van der Waals surface area contributed by atoms with Gasteiger partial charge in [0.15, 0.2) is 0 Å². The van der Waals surface area contributed by atoms with Gasteiger partial charge in [0.2, 0.25) is 0 Å². The average Bonchev–Trinajstić information content (AvgIpc) is 2.96. The van der Waals surface area contributed by atoms with E-state index in [2.05, 4.69) is 74.2 Å². The van der Waals surface area contributed by atoms with Crippen molar-refractivity contribution in [3.05, 3.63) is 90.5 Å². The van der Waals surface area contributed by atoms with Crippen LogP contribution < -0.4 is 15.3 Å². The minimum Gasteiger partial charge on any atom is -0.465 e. The Labute approximate surface area is 251 Å². The number of rotatable bonds is 7. The van der Waals surface area contributed by atoms with Gasteiger partial charge in [0.05, 0.1) is 25.3 Å². The Kier molecular flexibility index (Phi) is 9.48. The smallest absolute Gasteiger partial charge is 0.410 e. The van der Waals surface area contributed by atoms with Crippen LogP contribution in [-0.2, 0) is 13.9 Å². The predicted octanol–water partition coefficient (Wildman–Crippen LogP) is 5.48. The number of piperazine rings is 1. The van der Waals surface area contributed by atoms with Crippen molar-refractivity contribution in [3.63, 3.8) is 0 Å². The van der Waals surface area contributed by atoms with E-state index in [0.717, 1.165) is 5.69 Å². The molecular weight excluding hydrogens is 544 g/mol. The third-order valence-corrected chi connectivity index (χ3v) is 12.7. The molecule has 1 atom stereocenters. The molecule has 3 aromatic rings. The van der Waals surface area contributed by atoms with E-state index in [-0.39, 0.29) is 23.1 Å². The summed E-state index contributed by atoms with van der Waals surface area (Å²) in [4.78, 5) is 29.3. The van der Waals surface area contributed by atoms with Gasteiger partial charge in [-0.3, -0.25) is 0 Å². The van der Waals surface area contributed by atoms with Crippen LogP contribution in [0.5, 0.6) is 0 Å². The summed E-state index contributed by atoms with van der Waals surface area (Å²) >= 11 is 0. The van der Waals surface area contributed by atoms with Crippen LogP contribution >= 0.6 is 0 Å². The second-order valence-electron chi connectivity index (χ2n) is 12.8. The fraction of sp³-hybridized carbons (Fsp3) is 0.412. The topological polar surface area (TPSA) is 68.3 Å². The Morgan fingerprint density at radius 1 is 0.810 bits per heavy atom. The molecule has 1 fully saturated rings. The molecule has 0 aromatic heterocycles. The van der Waals surface area contributed by atoms with Crippen LogP contribution in [0.25, 0.3) is 0 Å². The number of benzene rings is 3. The van der Waals surface area contributed by atoms with Crippen molar-refractivity contribution in [1.29, 1.82) is 0 Å². The molecule has 4 rings (SSSR count). The first-order valence-electron chi connectivity index (χ1n) is 14.5. The minimum absolute atomic E-state index is 0.142. The number of anilines is 1. The van der Waals surface area contributed by atoms with Crippen molar-refractivity contribution in [3.8, 4) is 0 Å². The lowest BCUT2D eigenvalue weighted by Crippen LogP contribution is -2.68. The van der Waals surface area contributed by atoms with Crippen LogP contribution in [-0.4, -0.2) is 70.3 Å². The van der Waals surface area contributed by atoms with E-state index in [1.807, 2.05) is 45.0 Å². The third kappa shape index (κ3) is 6.87. The molecule has 8 heteroatoms. The van der Waals surface area contributed by atoms with Crippen LogP contribution in [0.2, 0.25) is 5.04 Å². The fourth-order valence-electron chi connectivity index (χ4n) is 5.72. The molecule has 224 valence electrons. The highest BCUT2D eigenvalue weighted by Gasteiger charge is 2.51. The van der Waals surface area contributed by atoms with Gasteiger partial charge in [0.1, 0.15) is 5.60 Å². The summed E-state index contributed by atoms with van der Waals surface area (Å²) in [5, 5.41) is 2.23. The molecule has 1 saturated heterocycles. The summed E-state index contributed by atoms with van der Waals surface area (Å²) < 4.78 is 17.9. The Bertz CT molecular complexity index is 1290. The maximum atomic E-state index is 13.2. The first kappa shape index (κ1) is 31.3. The first-order chi connectivity index (χ1) is 19.9. The van der Waals surface area contributed by atoms with Crippen molar-refractivity contribution in [2.24, 2.45) is 0 Å². The fourth-order valence-corrected chi connectivity index (χ4v) is 10.3. The number of carbonyl (C=O) groups excluding carboxylic acids is 2. The number of ether oxygens (including phenoxy) is 2. The Hall–Kier alpha value is -3.62. The summed E-state index contributed by atoms with van der Waals surface area (Å²) in [7, 11) is -1.42. The normalized spacial score (nSPS) is 16.2. The van der Waals surface area contributed by atoms with Crippen molar-refractivity contribution >= 4 is 36.4 Å². The number of amides is 1. The van der Waals surface area contributed by atoms with E-state index < -0.39 is 13.9 Å². The lowest BCUT2D eigenvalue weighted by atomic mass is 10.1. The zero-order chi connectivity index (χ0) is 30.5. The largest absolute Gasteiger partial charge is 0.465 e. The second-order valence-corrected chi connectivity index (χ2v) is 17.1. The van der Waals surface area contributed by atoms with E-state index in [1.54, 1.807) is 17.0 Å². The van der Waals surface area contributed by atoms with Crippen molar-refractivity contribution < 1.29 is 23.5 Å². The molecule has 0 bridgehead atoms. The van der Waals surface area contributed by atoms with Gasteiger partial charge in [-0.25, -0.2) is 9.59 Å². The molecule has 1 heterocycles. The monoisotopic (exact) mass is 588 g/mol. The van der Waals surface area contributed by atoms with Gasteiger partial charge in [0.25, 0.3) is 8.32 Å². The SMILES string of the molecule is COC(=O)c1ccc(N2CCN(C(=O)OC(C)(C)C)CC2CO[Si](c2ccccc2)(c2ccccc2)C(C)(C)C)cc1. The highest BCUT2D eigenvalue weighted by molar-refractivity contribution is 6.99. The van der Waals surface area contributed by atoms with Gasteiger partial charge in [-0.2, -0.15) is 0 Å². The molecule has 1 aliphatic rings. The highest BCUT2D eigenvalue weighted by atomic mass is 28.4. The molecule has 0 saturated carbocycles. The summed E-state index contributed by atoms with van der Waals surface area (Å²) in [6.45, 7) is 14.4. The summed E-state index contributed by atoms with van der Waals surface area (Å²) in [5.74, 6) is -0.372. The molecule has 0 N–H and O–H groups in total. The highest BCUT2D eigenvalue weighted by Crippen LogP contribution is 2.37.